The molecule has 0 unspecified atom stereocenters. The first-order valence-corrected chi connectivity index (χ1v) is 11.7. The van der Waals surface area contributed by atoms with Crippen LogP contribution in [0.2, 0.25) is 5.02 Å². The first-order valence-electron chi connectivity index (χ1n) is 11.3. The van der Waals surface area contributed by atoms with Crippen molar-refractivity contribution in [3.63, 3.8) is 0 Å². The monoisotopic (exact) mass is 444 g/mol. The van der Waals surface area contributed by atoms with Crippen LogP contribution in [0.15, 0.2) is 27.8 Å². The highest BCUT2D eigenvalue weighted by atomic mass is 35.5. The number of hydrogen-bond acceptors (Lipinski definition) is 3. The van der Waals surface area contributed by atoms with Gasteiger partial charge in [0.2, 0.25) is 0 Å². The fourth-order valence-electron chi connectivity index (χ4n) is 4.00. The lowest BCUT2D eigenvalue weighted by atomic mass is 10.0. The van der Waals surface area contributed by atoms with Crippen LogP contribution in [0.5, 0.6) is 0 Å². The smallest absolute Gasteiger partial charge is 0.322 e. The first-order chi connectivity index (χ1) is 14.8. The Kier molecular flexibility index (Phi) is 7.42. The SMILES string of the molecule is CCCCCCCn1c(CC)nc2c1c(=O)n(C)c(=O)n2-c1ccc(C(C)C)cc1Cl. The molecule has 0 fully saturated rings. The van der Waals surface area contributed by atoms with Gasteiger partial charge in [0.05, 0.1) is 10.7 Å². The van der Waals surface area contributed by atoms with Crippen LogP contribution in [0.4, 0.5) is 0 Å². The molecule has 0 aliphatic carbocycles. The number of hydrogen-bond donors (Lipinski definition) is 0. The van der Waals surface area contributed by atoms with E-state index in [9.17, 15) is 9.59 Å². The maximum atomic E-state index is 13.1. The highest BCUT2D eigenvalue weighted by molar-refractivity contribution is 6.32. The molecule has 0 spiro atoms. The van der Waals surface area contributed by atoms with E-state index in [-0.39, 0.29) is 5.56 Å². The maximum absolute atomic E-state index is 13.1. The summed E-state index contributed by atoms with van der Waals surface area (Å²) in [4.78, 5) is 31.0. The van der Waals surface area contributed by atoms with E-state index in [1.807, 2.05) is 29.7 Å². The molecule has 0 saturated heterocycles. The maximum Gasteiger partial charge on any atom is 0.337 e. The lowest BCUT2D eigenvalue weighted by molar-refractivity contribution is 0.562. The van der Waals surface area contributed by atoms with Crippen molar-refractivity contribution in [3.05, 3.63) is 55.4 Å². The van der Waals surface area contributed by atoms with Gasteiger partial charge in [0.25, 0.3) is 5.56 Å². The van der Waals surface area contributed by atoms with Crippen molar-refractivity contribution in [1.29, 1.82) is 0 Å². The van der Waals surface area contributed by atoms with E-state index in [4.69, 9.17) is 16.6 Å². The molecule has 3 rings (SSSR count). The molecule has 31 heavy (non-hydrogen) atoms. The average molecular weight is 445 g/mol. The predicted octanol–water partition coefficient (Wildman–Crippen LogP) is 5.20. The topological polar surface area (TPSA) is 61.8 Å². The Morgan fingerprint density at radius 3 is 2.39 bits per heavy atom. The molecule has 2 heterocycles. The Morgan fingerprint density at radius 1 is 1.06 bits per heavy atom. The molecular weight excluding hydrogens is 412 g/mol. The van der Waals surface area contributed by atoms with Crippen LogP contribution in [0, 0.1) is 0 Å². The molecular formula is C24H33ClN4O2. The van der Waals surface area contributed by atoms with Crippen molar-refractivity contribution in [2.75, 3.05) is 0 Å². The number of benzene rings is 1. The molecule has 3 aromatic rings. The molecule has 0 amide bonds. The average Bonchev–Trinajstić information content (AvgIpc) is 3.11. The predicted molar refractivity (Wildman–Crippen MR) is 128 cm³/mol. The van der Waals surface area contributed by atoms with Crippen molar-refractivity contribution in [2.45, 2.75) is 78.7 Å². The number of unbranched alkanes of at least 4 members (excludes halogenated alkanes) is 4. The second kappa shape index (κ2) is 9.86. The summed E-state index contributed by atoms with van der Waals surface area (Å²) in [5.41, 5.74) is 1.75. The fourth-order valence-corrected chi connectivity index (χ4v) is 4.28. The summed E-state index contributed by atoms with van der Waals surface area (Å²) in [5, 5.41) is 0.473. The number of imidazole rings is 1. The minimum Gasteiger partial charge on any atom is -0.322 e. The second-order valence-corrected chi connectivity index (χ2v) is 8.87. The van der Waals surface area contributed by atoms with Crippen molar-refractivity contribution in [3.8, 4) is 5.69 Å². The van der Waals surface area contributed by atoms with Crippen LogP contribution < -0.4 is 11.2 Å². The van der Waals surface area contributed by atoms with Crippen LogP contribution in [0.3, 0.4) is 0 Å². The zero-order valence-electron chi connectivity index (χ0n) is 19.2. The lowest BCUT2D eigenvalue weighted by Crippen LogP contribution is -2.38. The summed E-state index contributed by atoms with van der Waals surface area (Å²) in [7, 11) is 1.52. The number of halogens is 1. The molecule has 0 N–H and O–H groups in total. The van der Waals surface area contributed by atoms with Crippen molar-refractivity contribution in [2.24, 2.45) is 7.05 Å². The van der Waals surface area contributed by atoms with Gasteiger partial charge in [0.15, 0.2) is 11.2 Å². The van der Waals surface area contributed by atoms with E-state index in [1.165, 1.54) is 30.9 Å². The van der Waals surface area contributed by atoms with Crippen molar-refractivity contribution >= 4 is 22.8 Å². The summed E-state index contributed by atoms with van der Waals surface area (Å²) in [6.07, 6.45) is 6.37. The molecule has 0 radical (unpaired) electrons. The molecule has 0 saturated carbocycles. The molecule has 0 aliphatic rings. The summed E-state index contributed by atoms with van der Waals surface area (Å²) < 4.78 is 4.63. The third kappa shape index (κ3) is 4.49. The summed E-state index contributed by atoms with van der Waals surface area (Å²) in [6.45, 7) is 9.12. The highest BCUT2D eigenvalue weighted by Crippen LogP contribution is 2.27. The zero-order chi connectivity index (χ0) is 22.7. The Labute approximate surface area is 188 Å². The minimum atomic E-state index is -0.438. The van der Waals surface area contributed by atoms with Crippen LogP contribution in [0.25, 0.3) is 16.9 Å². The Hall–Kier alpha value is -2.34. The third-order valence-corrected chi connectivity index (χ3v) is 6.21. The summed E-state index contributed by atoms with van der Waals surface area (Å²) in [6, 6.07) is 5.70. The van der Waals surface area contributed by atoms with E-state index in [0.29, 0.717) is 34.2 Å². The van der Waals surface area contributed by atoms with E-state index < -0.39 is 5.69 Å². The minimum absolute atomic E-state index is 0.313. The van der Waals surface area contributed by atoms with Crippen LogP contribution >= 0.6 is 11.6 Å². The molecule has 168 valence electrons. The van der Waals surface area contributed by atoms with Gasteiger partial charge >= 0.3 is 5.69 Å². The number of rotatable bonds is 9. The summed E-state index contributed by atoms with van der Waals surface area (Å²) in [5.74, 6) is 1.14. The van der Waals surface area contributed by atoms with E-state index in [0.717, 1.165) is 35.3 Å². The molecule has 0 bridgehead atoms. The quantitative estimate of drug-likeness (QED) is 0.426. The molecule has 2 aromatic heterocycles. The van der Waals surface area contributed by atoms with Crippen LogP contribution in [0.1, 0.15) is 77.1 Å². The number of aryl methyl sites for hydroxylation is 2. The second-order valence-electron chi connectivity index (χ2n) is 8.47. The Bertz CT molecular complexity index is 1190. The third-order valence-electron chi connectivity index (χ3n) is 5.91. The van der Waals surface area contributed by atoms with Gasteiger partial charge < -0.3 is 4.57 Å². The van der Waals surface area contributed by atoms with Gasteiger partial charge in [-0.05, 0) is 30.0 Å². The molecule has 0 aliphatic heterocycles. The van der Waals surface area contributed by atoms with Gasteiger partial charge in [0.1, 0.15) is 5.82 Å². The first kappa shape index (κ1) is 23.3. The zero-order valence-corrected chi connectivity index (χ0v) is 20.0. The largest absolute Gasteiger partial charge is 0.337 e. The number of nitrogens with zero attached hydrogens (tertiary/aromatic N) is 4. The molecule has 7 heteroatoms. The fraction of sp³-hybridized carbons (Fsp3) is 0.542. The van der Waals surface area contributed by atoms with Crippen LogP contribution in [-0.4, -0.2) is 18.7 Å². The molecule has 0 atom stereocenters. The van der Waals surface area contributed by atoms with Crippen molar-refractivity contribution in [1.82, 2.24) is 18.7 Å². The molecule has 6 nitrogen and oxygen atoms in total. The van der Waals surface area contributed by atoms with E-state index in [2.05, 4.69) is 20.8 Å². The Morgan fingerprint density at radius 2 is 1.77 bits per heavy atom. The van der Waals surface area contributed by atoms with Gasteiger partial charge in [-0.25, -0.2) is 14.3 Å². The van der Waals surface area contributed by atoms with E-state index >= 15 is 0 Å². The van der Waals surface area contributed by atoms with Gasteiger partial charge in [-0.3, -0.25) is 9.36 Å². The number of fused-ring (bicyclic) bond motifs is 1. The van der Waals surface area contributed by atoms with Gasteiger partial charge in [-0.15, -0.1) is 0 Å². The standard InChI is InChI=1S/C24H33ClN4O2/c1-6-8-9-10-11-14-28-20(7-2)26-22-21(28)23(30)27(5)24(31)29(22)19-13-12-17(16(3)4)15-18(19)25/h12-13,15-16H,6-11,14H2,1-5H3. The normalized spacial score (nSPS) is 11.7. The van der Waals surface area contributed by atoms with Gasteiger partial charge in [0, 0.05) is 20.0 Å². The Balaban J connectivity index is 2.20. The number of aromatic nitrogens is 4. The van der Waals surface area contributed by atoms with E-state index in [1.54, 1.807) is 0 Å². The van der Waals surface area contributed by atoms with Gasteiger partial charge in [-0.2, -0.15) is 0 Å². The molecule has 1 aromatic carbocycles. The summed E-state index contributed by atoms with van der Waals surface area (Å²) >= 11 is 6.60. The van der Waals surface area contributed by atoms with Gasteiger partial charge in [-0.1, -0.05) is 71.0 Å². The highest BCUT2D eigenvalue weighted by Gasteiger charge is 2.22. The van der Waals surface area contributed by atoms with Crippen molar-refractivity contribution < 1.29 is 0 Å². The van der Waals surface area contributed by atoms with Crippen LogP contribution in [-0.2, 0) is 20.0 Å². The lowest BCUT2D eigenvalue weighted by Gasteiger charge is -2.14.